The van der Waals surface area contributed by atoms with Crippen molar-refractivity contribution in [2.24, 2.45) is 0 Å². The maximum absolute atomic E-state index is 12.1. The SMILES string of the molecule is COc1c([N+](=O)[O-])cc(CCl)nc1OC(F)(F)F. The molecule has 100 valence electrons. The Kier molecular flexibility index (Phi) is 4.17. The molecule has 0 unspecified atom stereocenters. The molecule has 0 aliphatic carbocycles. The van der Waals surface area contributed by atoms with Gasteiger partial charge in [-0.1, -0.05) is 0 Å². The highest BCUT2D eigenvalue weighted by atomic mass is 35.5. The van der Waals surface area contributed by atoms with Gasteiger partial charge in [-0.2, -0.15) is 0 Å². The van der Waals surface area contributed by atoms with Crippen LogP contribution < -0.4 is 9.47 Å². The lowest BCUT2D eigenvalue weighted by atomic mass is 10.3. The summed E-state index contributed by atoms with van der Waals surface area (Å²) < 4.78 is 44.4. The van der Waals surface area contributed by atoms with Gasteiger partial charge in [0.1, 0.15) is 0 Å². The summed E-state index contributed by atoms with van der Waals surface area (Å²) in [6.45, 7) is 0. The fourth-order valence-electron chi connectivity index (χ4n) is 1.12. The van der Waals surface area contributed by atoms with Crippen LogP contribution in [-0.2, 0) is 5.88 Å². The number of hydrogen-bond donors (Lipinski definition) is 0. The van der Waals surface area contributed by atoms with Crippen LogP contribution in [0.2, 0.25) is 0 Å². The van der Waals surface area contributed by atoms with Crippen molar-refractivity contribution >= 4 is 17.3 Å². The number of methoxy groups -OCH3 is 1. The lowest BCUT2D eigenvalue weighted by Gasteiger charge is -2.12. The Labute approximate surface area is 103 Å². The van der Waals surface area contributed by atoms with E-state index < -0.39 is 28.6 Å². The van der Waals surface area contributed by atoms with Crippen molar-refractivity contribution in [3.8, 4) is 11.6 Å². The topological polar surface area (TPSA) is 74.5 Å². The van der Waals surface area contributed by atoms with Gasteiger partial charge in [0.2, 0.25) is 0 Å². The third-order valence-electron chi connectivity index (χ3n) is 1.73. The van der Waals surface area contributed by atoms with Crippen LogP contribution in [-0.4, -0.2) is 23.4 Å². The molecule has 10 heteroatoms. The van der Waals surface area contributed by atoms with E-state index in [1.165, 1.54) is 0 Å². The minimum absolute atomic E-state index is 0.136. The van der Waals surface area contributed by atoms with Gasteiger partial charge in [0.25, 0.3) is 11.6 Å². The molecular formula is C8H6ClF3N2O4. The van der Waals surface area contributed by atoms with Gasteiger partial charge in [-0.3, -0.25) is 10.1 Å². The van der Waals surface area contributed by atoms with E-state index in [1.807, 2.05) is 0 Å². The van der Waals surface area contributed by atoms with Crippen molar-refractivity contribution in [2.45, 2.75) is 12.2 Å². The van der Waals surface area contributed by atoms with Gasteiger partial charge in [-0.15, -0.1) is 24.8 Å². The molecule has 0 aliphatic rings. The summed E-state index contributed by atoms with van der Waals surface area (Å²) in [6, 6.07) is 0.912. The maximum Gasteiger partial charge on any atom is 0.574 e. The number of alkyl halides is 4. The molecule has 0 saturated heterocycles. The minimum Gasteiger partial charge on any atom is -0.486 e. The molecule has 0 spiro atoms. The van der Waals surface area contributed by atoms with Crippen LogP contribution in [0.1, 0.15) is 5.69 Å². The number of nitrogens with zero attached hydrogens (tertiary/aromatic N) is 2. The summed E-state index contributed by atoms with van der Waals surface area (Å²) in [6.07, 6.45) is -5.04. The molecule has 0 bridgehead atoms. The molecule has 0 atom stereocenters. The van der Waals surface area contributed by atoms with E-state index in [9.17, 15) is 23.3 Å². The zero-order chi connectivity index (χ0) is 13.9. The van der Waals surface area contributed by atoms with Crippen LogP contribution in [0.4, 0.5) is 18.9 Å². The predicted molar refractivity (Wildman–Crippen MR) is 53.7 cm³/mol. The van der Waals surface area contributed by atoms with Crippen molar-refractivity contribution in [1.29, 1.82) is 0 Å². The number of pyridine rings is 1. The van der Waals surface area contributed by atoms with Gasteiger partial charge >= 0.3 is 12.0 Å². The van der Waals surface area contributed by atoms with Crippen molar-refractivity contribution in [3.05, 3.63) is 21.9 Å². The van der Waals surface area contributed by atoms with Gasteiger partial charge in [0, 0.05) is 6.07 Å². The normalized spacial score (nSPS) is 11.2. The van der Waals surface area contributed by atoms with Gasteiger partial charge in [0.15, 0.2) is 0 Å². The Bertz CT molecular complexity index is 466. The lowest BCUT2D eigenvalue weighted by Crippen LogP contribution is -2.19. The molecule has 0 saturated carbocycles. The molecule has 1 aromatic rings. The van der Waals surface area contributed by atoms with Crippen LogP contribution >= 0.6 is 11.6 Å². The third kappa shape index (κ3) is 3.36. The van der Waals surface area contributed by atoms with Crippen LogP contribution in [0.15, 0.2) is 6.07 Å². The first-order valence-corrected chi connectivity index (χ1v) is 4.86. The number of aromatic nitrogens is 1. The van der Waals surface area contributed by atoms with Crippen LogP contribution in [0, 0.1) is 10.1 Å². The van der Waals surface area contributed by atoms with E-state index in [0.29, 0.717) is 0 Å². The molecule has 0 aliphatic heterocycles. The summed E-state index contributed by atoms with van der Waals surface area (Å²) in [5, 5.41) is 10.7. The molecule has 0 fully saturated rings. The van der Waals surface area contributed by atoms with E-state index in [1.54, 1.807) is 0 Å². The fourth-order valence-corrected chi connectivity index (χ4v) is 1.26. The Morgan fingerprint density at radius 1 is 1.56 bits per heavy atom. The first-order valence-electron chi connectivity index (χ1n) is 4.32. The summed E-state index contributed by atoms with van der Waals surface area (Å²) in [4.78, 5) is 13.2. The summed E-state index contributed by atoms with van der Waals surface area (Å²) in [5.74, 6) is -2.07. The zero-order valence-corrected chi connectivity index (χ0v) is 9.58. The molecule has 0 amide bonds. The second-order valence-electron chi connectivity index (χ2n) is 2.91. The molecule has 1 rings (SSSR count). The van der Waals surface area contributed by atoms with Gasteiger partial charge in [-0.05, 0) is 0 Å². The van der Waals surface area contributed by atoms with Crippen LogP contribution in [0.5, 0.6) is 11.6 Å². The van der Waals surface area contributed by atoms with Crippen LogP contribution in [0.3, 0.4) is 0 Å². The van der Waals surface area contributed by atoms with E-state index in [2.05, 4.69) is 14.5 Å². The highest BCUT2D eigenvalue weighted by Gasteiger charge is 2.36. The number of halogens is 4. The standard InChI is InChI=1S/C8H6ClF3N2O4/c1-17-6-5(14(15)16)2-4(3-9)13-7(6)18-8(10,11)12/h2H,3H2,1H3. The first kappa shape index (κ1) is 14.3. The molecule has 1 aromatic heterocycles. The summed E-state index contributed by atoms with van der Waals surface area (Å²) in [7, 11) is 0.966. The quantitative estimate of drug-likeness (QED) is 0.483. The van der Waals surface area contributed by atoms with E-state index in [0.717, 1.165) is 13.2 Å². The lowest BCUT2D eigenvalue weighted by molar-refractivity contribution is -0.386. The average molecular weight is 287 g/mol. The molecule has 18 heavy (non-hydrogen) atoms. The largest absolute Gasteiger partial charge is 0.574 e. The Balaban J connectivity index is 3.37. The monoisotopic (exact) mass is 286 g/mol. The highest BCUT2D eigenvalue weighted by Crippen LogP contribution is 2.38. The average Bonchev–Trinajstić information content (AvgIpc) is 2.25. The van der Waals surface area contributed by atoms with Crippen molar-refractivity contribution < 1.29 is 27.6 Å². The van der Waals surface area contributed by atoms with Gasteiger partial charge < -0.3 is 9.47 Å². The Morgan fingerprint density at radius 3 is 2.56 bits per heavy atom. The third-order valence-corrected chi connectivity index (χ3v) is 2.00. The minimum atomic E-state index is -5.04. The summed E-state index contributed by atoms with van der Waals surface area (Å²) >= 11 is 5.38. The van der Waals surface area contributed by atoms with E-state index >= 15 is 0 Å². The maximum atomic E-state index is 12.1. The zero-order valence-electron chi connectivity index (χ0n) is 8.82. The second-order valence-corrected chi connectivity index (χ2v) is 3.18. The van der Waals surface area contributed by atoms with Gasteiger partial charge in [0.05, 0.1) is 23.6 Å². The first-order chi connectivity index (χ1) is 8.28. The molecule has 0 aromatic carbocycles. The number of rotatable bonds is 4. The van der Waals surface area contributed by atoms with E-state index in [-0.39, 0.29) is 11.6 Å². The van der Waals surface area contributed by atoms with Gasteiger partial charge in [-0.25, -0.2) is 4.98 Å². The van der Waals surface area contributed by atoms with Crippen molar-refractivity contribution in [1.82, 2.24) is 4.98 Å². The fraction of sp³-hybridized carbons (Fsp3) is 0.375. The van der Waals surface area contributed by atoms with Crippen molar-refractivity contribution in [2.75, 3.05) is 7.11 Å². The highest BCUT2D eigenvalue weighted by molar-refractivity contribution is 6.16. The molecule has 0 N–H and O–H groups in total. The second kappa shape index (κ2) is 5.25. The van der Waals surface area contributed by atoms with E-state index in [4.69, 9.17) is 11.6 Å². The Morgan fingerprint density at radius 2 is 2.17 bits per heavy atom. The molecule has 0 radical (unpaired) electrons. The molecule has 1 heterocycles. The molecular weight excluding hydrogens is 281 g/mol. The smallest absolute Gasteiger partial charge is 0.486 e. The number of ether oxygens (including phenoxy) is 2. The van der Waals surface area contributed by atoms with Crippen molar-refractivity contribution in [3.63, 3.8) is 0 Å². The number of hydrogen-bond acceptors (Lipinski definition) is 5. The summed E-state index contributed by atoms with van der Waals surface area (Å²) in [5.41, 5.74) is -0.842. The van der Waals surface area contributed by atoms with Crippen LogP contribution in [0.25, 0.3) is 0 Å². The Hall–Kier alpha value is -1.77. The molecule has 6 nitrogen and oxygen atoms in total. The number of nitro groups is 1. The predicted octanol–water partition coefficient (Wildman–Crippen LogP) is 2.64.